The average Bonchev–Trinajstić information content (AvgIpc) is 2.40. The molecule has 0 aromatic heterocycles. The Morgan fingerprint density at radius 1 is 0.833 bits per heavy atom. The summed E-state index contributed by atoms with van der Waals surface area (Å²) in [6.07, 6.45) is -10.4. The molecule has 1 aliphatic carbocycles. The molecule has 0 aliphatic heterocycles. The molecule has 2 rings (SSSR count). The highest BCUT2D eigenvalue weighted by atomic mass is 19.4. The van der Waals surface area contributed by atoms with Gasteiger partial charge in [-0.1, -0.05) is 18.2 Å². The molecular weight excluding hydrogens is 338 g/mol. The van der Waals surface area contributed by atoms with Crippen molar-refractivity contribution in [3.63, 3.8) is 0 Å². The molecule has 10 heteroatoms. The quantitative estimate of drug-likeness (QED) is 0.425. The van der Waals surface area contributed by atoms with Crippen LogP contribution < -0.4 is 22.9 Å². The van der Waals surface area contributed by atoms with Gasteiger partial charge in [0.25, 0.3) is 0 Å². The van der Waals surface area contributed by atoms with Crippen molar-refractivity contribution in [3.05, 3.63) is 47.7 Å². The van der Waals surface area contributed by atoms with Crippen molar-refractivity contribution in [2.45, 2.75) is 24.3 Å². The maximum absolute atomic E-state index is 12.5. The number of hydrogen-bond acceptors (Lipinski definition) is 4. The number of rotatable bonds is 0. The van der Waals surface area contributed by atoms with E-state index < -0.39 is 29.9 Å². The van der Waals surface area contributed by atoms with Crippen LogP contribution in [0.1, 0.15) is 6.42 Å². The van der Waals surface area contributed by atoms with E-state index in [9.17, 15) is 26.3 Å². The molecule has 0 radical (unpaired) electrons. The van der Waals surface area contributed by atoms with Gasteiger partial charge in [0.05, 0.1) is 16.9 Å². The monoisotopic (exact) mass is 354 g/mol. The number of nitrogen functional groups attached to an aromatic ring is 2. The standard InChI is InChI=1S/C8H8F6N2.C6H8N2/c9-7(10,11)5-2-1-4(15)3-6(5,16)8(12,13)14;7-5-3-1-2-4-6(5)8/h1-2H,3,15-16H2;1-4H,7-8H2. The summed E-state index contributed by atoms with van der Waals surface area (Å²) >= 11 is 0. The molecule has 1 aromatic carbocycles. The molecule has 0 spiro atoms. The van der Waals surface area contributed by atoms with E-state index in [1.807, 2.05) is 12.1 Å². The van der Waals surface area contributed by atoms with Crippen molar-refractivity contribution in [3.8, 4) is 0 Å². The third kappa shape index (κ3) is 4.34. The summed E-state index contributed by atoms with van der Waals surface area (Å²) in [6.45, 7) is 0. The molecule has 0 bridgehead atoms. The summed E-state index contributed by atoms with van der Waals surface area (Å²) in [5.74, 6) is 0. The first-order valence-corrected chi connectivity index (χ1v) is 6.48. The molecule has 4 nitrogen and oxygen atoms in total. The lowest BCUT2D eigenvalue weighted by Gasteiger charge is -2.36. The summed E-state index contributed by atoms with van der Waals surface area (Å²) in [6, 6.07) is 7.25. The maximum atomic E-state index is 12.5. The van der Waals surface area contributed by atoms with E-state index in [2.05, 4.69) is 0 Å². The van der Waals surface area contributed by atoms with Gasteiger partial charge in [-0.25, -0.2) is 0 Å². The first kappa shape index (κ1) is 19.7. The molecule has 134 valence electrons. The second kappa shape index (κ2) is 6.63. The van der Waals surface area contributed by atoms with Gasteiger partial charge in [0, 0.05) is 12.1 Å². The van der Waals surface area contributed by atoms with Gasteiger partial charge in [-0.3, -0.25) is 0 Å². The number of anilines is 2. The van der Waals surface area contributed by atoms with E-state index in [-0.39, 0.29) is 11.8 Å². The number of hydrogen-bond donors (Lipinski definition) is 4. The van der Waals surface area contributed by atoms with Crippen LogP contribution in [0.2, 0.25) is 0 Å². The van der Waals surface area contributed by atoms with Gasteiger partial charge in [-0.15, -0.1) is 0 Å². The van der Waals surface area contributed by atoms with Crippen molar-refractivity contribution < 1.29 is 26.3 Å². The van der Waals surface area contributed by atoms with Crippen LogP contribution in [0, 0.1) is 0 Å². The van der Waals surface area contributed by atoms with Crippen LogP contribution >= 0.6 is 0 Å². The van der Waals surface area contributed by atoms with Crippen LogP contribution in [0.15, 0.2) is 47.7 Å². The minimum Gasteiger partial charge on any atom is -0.402 e. The lowest BCUT2D eigenvalue weighted by atomic mass is 9.81. The fourth-order valence-electron chi connectivity index (χ4n) is 1.93. The fourth-order valence-corrected chi connectivity index (χ4v) is 1.93. The van der Waals surface area contributed by atoms with Gasteiger partial charge < -0.3 is 22.9 Å². The molecule has 24 heavy (non-hydrogen) atoms. The summed E-state index contributed by atoms with van der Waals surface area (Å²) in [4.78, 5) is 0. The lowest BCUT2D eigenvalue weighted by molar-refractivity contribution is -0.196. The molecule has 8 N–H and O–H groups in total. The number of nitrogens with two attached hydrogens (primary N) is 4. The van der Waals surface area contributed by atoms with Crippen LogP contribution in [-0.2, 0) is 0 Å². The molecule has 1 aromatic rings. The molecule has 1 atom stereocenters. The van der Waals surface area contributed by atoms with Crippen LogP contribution in [0.3, 0.4) is 0 Å². The molecule has 0 heterocycles. The number of alkyl halides is 6. The van der Waals surface area contributed by atoms with E-state index in [0.29, 0.717) is 11.4 Å². The van der Waals surface area contributed by atoms with Gasteiger partial charge in [0.1, 0.15) is 5.54 Å². The topological polar surface area (TPSA) is 104 Å². The van der Waals surface area contributed by atoms with Gasteiger partial charge in [-0.2, -0.15) is 26.3 Å². The minimum absolute atomic E-state index is 0.270. The van der Waals surface area contributed by atoms with Gasteiger partial charge in [0.2, 0.25) is 0 Å². The molecule has 0 amide bonds. The zero-order valence-corrected chi connectivity index (χ0v) is 12.2. The zero-order chi connectivity index (χ0) is 18.8. The zero-order valence-electron chi connectivity index (χ0n) is 12.2. The second-order valence-electron chi connectivity index (χ2n) is 5.09. The number of halogens is 6. The van der Waals surface area contributed by atoms with Crippen LogP contribution in [0.5, 0.6) is 0 Å². The Balaban J connectivity index is 0.000000300. The third-order valence-corrected chi connectivity index (χ3v) is 3.23. The minimum atomic E-state index is -5.22. The van der Waals surface area contributed by atoms with Crippen molar-refractivity contribution >= 4 is 11.4 Å². The predicted molar refractivity (Wildman–Crippen MR) is 79.3 cm³/mol. The smallest absolute Gasteiger partial charge is 0.402 e. The highest BCUT2D eigenvalue weighted by Gasteiger charge is 2.61. The Morgan fingerprint density at radius 3 is 1.62 bits per heavy atom. The van der Waals surface area contributed by atoms with E-state index >= 15 is 0 Å². The normalized spacial score (nSPS) is 21.3. The largest absolute Gasteiger partial charge is 0.414 e. The molecule has 0 saturated heterocycles. The molecular formula is C14H16F6N4. The van der Waals surface area contributed by atoms with Crippen LogP contribution in [0.25, 0.3) is 0 Å². The summed E-state index contributed by atoms with van der Waals surface area (Å²) in [5, 5.41) is 0. The van der Waals surface area contributed by atoms with E-state index in [0.717, 1.165) is 6.08 Å². The predicted octanol–water partition coefficient (Wildman–Crippen LogP) is 2.83. The van der Waals surface area contributed by atoms with Gasteiger partial charge in [0.15, 0.2) is 0 Å². The highest BCUT2D eigenvalue weighted by molar-refractivity contribution is 5.62. The Bertz CT molecular complexity index is 626. The number of allylic oxidation sites excluding steroid dienone is 2. The first-order valence-electron chi connectivity index (χ1n) is 6.48. The molecule has 1 unspecified atom stereocenters. The van der Waals surface area contributed by atoms with E-state index in [1.54, 1.807) is 12.1 Å². The Morgan fingerprint density at radius 2 is 1.29 bits per heavy atom. The number of benzene rings is 1. The SMILES string of the molecule is NC1=CC=C(C(F)(F)F)C(N)(C(F)(F)F)C1.Nc1ccccc1N. The summed E-state index contributed by atoms with van der Waals surface area (Å²) < 4.78 is 74.7. The Kier molecular flexibility index (Phi) is 5.44. The van der Waals surface area contributed by atoms with Crippen LogP contribution in [-0.4, -0.2) is 17.9 Å². The van der Waals surface area contributed by atoms with Gasteiger partial charge >= 0.3 is 12.4 Å². The molecule has 1 aliphatic rings. The summed E-state index contributed by atoms with van der Waals surface area (Å²) in [7, 11) is 0. The van der Waals surface area contributed by atoms with Crippen molar-refractivity contribution in [1.29, 1.82) is 0 Å². The average molecular weight is 354 g/mol. The van der Waals surface area contributed by atoms with Crippen LogP contribution in [0.4, 0.5) is 37.7 Å². The summed E-state index contributed by atoms with van der Waals surface area (Å²) in [5.41, 5.74) is 16.3. The Hall–Kier alpha value is -2.36. The second-order valence-corrected chi connectivity index (χ2v) is 5.09. The Labute approximate surface area is 133 Å². The molecule has 0 fully saturated rings. The fraction of sp³-hybridized carbons (Fsp3) is 0.286. The van der Waals surface area contributed by atoms with Crippen molar-refractivity contribution in [2.75, 3.05) is 11.5 Å². The first-order chi connectivity index (χ1) is 10.8. The van der Waals surface area contributed by atoms with Gasteiger partial charge in [-0.05, 0) is 18.2 Å². The highest BCUT2D eigenvalue weighted by Crippen LogP contribution is 2.46. The lowest BCUT2D eigenvalue weighted by Crippen LogP contribution is -2.59. The number of para-hydroxylation sites is 2. The molecule has 0 saturated carbocycles. The van der Waals surface area contributed by atoms with E-state index in [1.165, 1.54) is 0 Å². The maximum Gasteiger partial charge on any atom is 0.414 e. The van der Waals surface area contributed by atoms with Crippen molar-refractivity contribution in [2.24, 2.45) is 11.5 Å². The third-order valence-electron chi connectivity index (χ3n) is 3.23. The van der Waals surface area contributed by atoms with E-state index in [4.69, 9.17) is 22.9 Å². The van der Waals surface area contributed by atoms with Crippen molar-refractivity contribution in [1.82, 2.24) is 0 Å².